The van der Waals surface area contributed by atoms with Crippen molar-refractivity contribution < 1.29 is 24.7 Å². The molecule has 1 aromatic rings. The summed E-state index contributed by atoms with van der Waals surface area (Å²) in [6.07, 6.45) is 0. The first-order valence-electron chi connectivity index (χ1n) is 6.47. The van der Waals surface area contributed by atoms with Crippen LogP contribution < -0.4 is 14.9 Å². The maximum Gasteiger partial charge on any atom is 0.351 e. The van der Waals surface area contributed by atoms with Gasteiger partial charge in [-0.3, -0.25) is 0 Å². The molecule has 0 bridgehead atoms. The van der Waals surface area contributed by atoms with Crippen molar-refractivity contribution in [3.63, 3.8) is 0 Å². The molecule has 0 amide bonds. The number of rotatable bonds is 1. The van der Waals surface area contributed by atoms with Gasteiger partial charge in [0.25, 0.3) is 0 Å². The number of aryl methyl sites for hydroxylation is 1. The molecule has 1 aliphatic heterocycles. The number of carboxylic acids is 2. The summed E-state index contributed by atoms with van der Waals surface area (Å²) in [5.41, 5.74) is 2.74. The number of hydrogen-bond acceptors (Lipinski definition) is 4. The van der Waals surface area contributed by atoms with Crippen molar-refractivity contribution in [2.45, 2.75) is 6.92 Å². The third kappa shape index (κ3) is 5.27. The van der Waals surface area contributed by atoms with E-state index in [0.29, 0.717) is 0 Å². The van der Waals surface area contributed by atoms with Crippen molar-refractivity contribution in [2.24, 2.45) is 0 Å². The lowest BCUT2D eigenvalue weighted by molar-refractivity contribution is -0.880. The summed E-state index contributed by atoms with van der Waals surface area (Å²) in [7, 11) is 2.27. The summed E-state index contributed by atoms with van der Waals surface area (Å²) in [5, 5.41) is 16.3. The fourth-order valence-electron chi connectivity index (χ4n) is 1.97. The molecule has 0 spiro atoms. The Morgan fingerprint density at radius 3 is 2.30 bits per heavy atom. The smallest absolute Gasteiger partial charge is 0.351 e. The van der Waals surface area contributed by atoms with Crippen LogP contribution in [0.25, 0.3) is 0 Å². The average molecular weight is 280 g/mol. The van der Waals surface area contributed by atoms with E-state index in [-0.39, 0.29) is 0 Å². The Morgan fingerprint density at radius 2 is 1.85 bits per heavy atom. The molecule has 1 fully saturated rings. The number of benzene rings is 1. The van der Waals surface area contributed by atoms with Gasteiger partial charge in [0.1, 0.15) is 0 Å². The number of carbonyl (C=O) groups excluding carboxylic acids is 1. The van der Waals surface area contributed by atoms with Gasteiger partial charge in [-0.15, -0.1) is 0 Å². The molecule has 0 aliphatic carbocycles. The number of likely N-dealkylation sites (N-methyl/N-ethyl adjacent to an activating group) is 1. The maximum absolute atomic E-state index is 9.04. The molecule has 1 aliphatic rings. The molecule has 1 aromatic carbocycles. The number of anilines is 1. The molecule has 2 N–H and O–H groups in total. The standard InChI is InChI=1S/C12H18N2.C2H2O4/c1-11-4-3-5-12(10-11)14-8-6-13(2)7-9-14;3-1(4)2(5)6/h3-5,10H,6-9H2,1-2H3;(H,3,4)(H,5,6). The highest BCUT2D eigenvalue weighted by atomic mass is 16.4. The van der Waals surface area contributed by atoms with E-state index in [4.69, 9.17) is 19.8 Å². The van der Waals surface area contributed by atoms with Gasteiger partial charge in [0.15, 0.2) is 5.97 Å². The highest BCUT2D eigenvalue weighted by Crippen LogP contribution is 2.15. The Bertz CT molecular complexity index is 456. The third-order valence-electron chi connectivity index (χ3n) is 3.16. The molecule has 6 nitrogen and oxygen atoms in total. The van der Waals surface area contributed by atoms with E-state index in [2.05, 4.69) is 43.1 Å². The minimum Gasteiger partial charge on any atom is -0.539 e. The average Bonchev–Trinajstić information content (AvgIpc) is 2.40. The Balaban J connectivity index is 0.000000286. The van der Waals surface area contributed by atoms with Gasteiger partial charge in [0, 0.05) is 5.69 Å². The number of aliphatic carboxylic acids is 2. The van der Waals surface area contributed by atoms with Gasteiger partial charge in [-0.2, -0.15) is 0 Å². The van der Waals surface area contributed by atoms with Gasteiger partial charge in [0.05, 0.1) is 33.2 Å². The van der Waals surface area contributed by atoms with Crippen LogP contribution in [0.1, 0.15) is 5.56 Å². The number of piperazine rings is 1. The van der Waals surface area contributed by atoms with Crippen molar-refractivity contribution in [2.75, 3.05) is 38.1 Å². The molecule has 1 heterocycles. The van der Waals surface area contributed by atoms with Crippen LogP contribution in [0.4, 0.5) is 5.69 Å². The lowest BCUT2D eigenvalue weighted by Gasteiger charge is -2.31. The van der Waals surface area contributed by atoms with Crippen molar-refractivity contribution in [3.05, 3.63) is 29.8 Å². The van der Waals surface area contributed by atoms with Crippen LogP contribution in [0.5, 0.6) is 0 Å². The Morgan fingerprint density at radius 1 is 1.30 bits per heavy atom. The molecule has 0 unspecified atom stereocenters. The number of hydrogen-bond donors (Lipinski definition) is 2. The largest absolute Gasteiger partial charge is 0.539 e. The fourth-order valence-corrected chi connectivity index (χ4v) is 1.97. The van der Waals surface area contributed by atoms with Crippen LogP contribution in [0, 0.1) is 6.92 Å². The molecule has 1 saturated heterocycles. The summed E-state index contributed by atoms with van der Waals surface area (Å²) in [6, 6.07) is 8.80. The predicted octanol–water partition coefficient (Wildman–Crippen LogP) is -1.85. The monoisotopic (exact) mass is 280 g/mol. The molecular formula is C14H20N2O4. The number of nitrogens with one attached hydrogen (secondary N) is 1. The molecule has 0 radical (unpaired) electrons. The summed E-state index contributed by atoms with van der Waals surface area (Å²) >= 11 is 0. The molecule has 0 aromatic heterocycles. The predicted molar refractivity (Wildman–Crippen MR) is 72.7 cm³/mol. The van der Waals surface area contributed by atoms with Gasteiger partial charge in [-0.25, -0.2) is 4.79 Å². The highest BCUT2D eigenvalue weighted by Gasteiger charge is 2.16. The minimum absolute atomic E-state index is 1.19. The van der Waals surface area contributed by atoms with E-state index in [1.807, 2.05) is 0 Å². The highest BCUT2D eigenvalue weighted by molar-refractivity contribution is 6.26. The van der Waals surface area contributed by atoms with Crippen LogP contribution in [-0.4, -0.2) is 50.3 Å². The van der Waals surface area contributed by atoms with E-state index in [1.54, 1.807) is 4.90 Å². The molecular weight excluding hydrogens is 260 g/mol. The van der Waals surface area contributed by atoms with E-state index in [9.17, 15) is 0 Å². The van der Waals surface area contributed by atoms with E-state index >= 15 is 0 Å². The normalized spacial score (nSPS) is 15.2. The first-order chi connectivity index (χ1) is 9.40. The molecule has 20 heavy (non-hydrogen) atoms. The molecule has 6 heteroatoms. The van der Waals surface area contributed by atoms with Crippen LogP contribution in [-0.2, 0) is 9.59 Å². The lowest BCUT2D eigenvalue weighted by atomic mass is 10.2. The van der Waals surface area contributed by atoms with Crippen molar-refractivity contribution in [3.8, 4) is 0 Å². The Labute approximate surface area is 118 Å². The van der Waals surface area contributed by atoms with Gasteiger partial charge >= 0.3 is 5.97 Å². The van der Waals surface area contributed by atoms with Gasteiger partial charge in [0.2, 0.25) is 0 Å². The lowest BCUT2D eigenvalue weighted by Crippen LogP contribution is -3.12. The maximum atomic E-state index is 9.04. The van der Waals surface area contributed by atoms with Crippen molar-refractivity contribution in [1.82, 2.24) is 0 Å². The topological polar surface area (TPSA) is 85.1 Å². The first-order valence-corrected chi connectivity index (χ1v) is 6.47. The zero-order valence-corrected chi connectivity index (χ0v) is 11.8. The van der Waals surface area contributed by atoms with Crippen LogP contribution in [0.3, 0.4) is 0 Å². The second-order valence-electron chi connectivity index (χ2n) is 4.88. The SMILES string of the molecule is Cc1cccc(N2CC[NH+](C)CC2)c1.O=C([O-])C(=O)O. The molecule has 0 atom stereocenters. The van der Waals surface area contributed by atoms with E-state index in [0.717, 1.165) is 0 Å². The first kappa shape index (κ1) is 16.0. The van der Waals surface area contributed by atoms with Crippen LogP contribution in [0.15, 0.2) is 24.3 Å². The van der Waals surface area contributed by atoms with Crippen molar-refractivity contribution in [1.29, 1.82) is 0 Å². The van der Waals surface area contributed by atoms with E-state index in [1.165, 1.54) is 37.4 Å². The number of nitrogens with zero attached hydrogens (tertiary/aromatic N) is 1. The summed E-state index contributed by atoms with van der Waals surface area (Å²) in [6.45, 7) is 7.05. The zero-order valence-electron chi connectivity index (χ0n) is 11.8. The molecule has 2 rings (SSSR count). The van der Waals surface area contributed by atoms with Gasteiger partial charge in [-0.05, 0) is 24.6 Å². The number of carbonyl (C=O) groups is 2. The zero-order chi connectivity index (χ0) is 15.1. The Hall–Kier alpha value is -2.08. The number of quaternary nitrogens is 1. The van der Waals surface area contributed by atoms with Gasteiger partial charge < -0.3 is 24.8 Å². The van der Waals surface area contributed by atoms with E-state index < -0.39 is 11.9 Å². The summed E-state index contributed by atoms with van der Waals surface area (Å²) < 4.78 is 0. The minimum atomic E-state index is -2.07. The molecule has 0 saturated carbocycles. The summed E-state index contributed by atoms with van der Waals surface area (Å²) in [5.74, 6) is -4.01. The quantitative estimate of drug-likeness (QED) is 0.590. The van der Waals surface area contributed by atoms with Crippen molar-refractivity contribution >= 4 is 17.6 Å². The summed E-state index contributed by atoms with van der Waals surface area (Å²) in [4.78, 5) is 22.2. The fraction of sp³-hybridized carbons (Fsp3) is 0.429. The number of carboxylic acid groups (broad SMARTS) is 2. The van der Waals surface area contributed by atoms with Crippen LogP contribution >= 0.6 is 0 Å². The van der Waals surface area contributed by atoms with Crippen LogP contribution in [0.2, 0.25) is 0 Å². The van der Waals surface area contributed by atoms with Gasteiger partial charge in [-0.1, -0.05) is 12.1 Å². The Kier molecular flexibility index (Phi) is 5.99. The third-order valence-corrected chi connectivity index (χ3v) is 3.16. The molecule has 110 valence electrons. The second-order valence-corrected chi connectivity index (χ2v) is 4.88. The second kappa shape index (κ2) is 7.49.